The summed E-state index contributed by atoms with van der Waals surface area (Å²) >= 11 is 1.39. The minimum atomic E-state index is -0.983. The molecule has 3 aromatic rings. The predicted molar refractivity (Wildman–Crippen MR) is 171 cm³/mol. The number of pyridine rings is 1. The van der Waals surface area contributed by atoms with Crippen molar-refractivity contribution in [3.63, 3.8) is 0 Å². The summed E-state index contributed by atoms with van der Waals surface area (Å²) in [4.78, 5) is 63.5. The standard InChI is InChI=1S/C33H40N6O5S/c1-19(2)28-29(40)36-27(16-23-17-45-18-34-23)30(41)39-14-6-7-25(38-39)31(42)44-20(3)24-11-10-22-9-8-21(15-26(22)35-24)12-13-33(4,5)32(43)37-28/h8-13,15,17-20,25,27-28,38H,6-7,14,16H2,1-5H3,(H,36,40)(H,37,43)/b13-12+/t20-,25+,27?,28+/m1/s1. The summed E-state index contributed by atoms with van der Waals surface area (Å²) in [5.41, 5.74) is 6.55. The number of aromatic nitrogens is 2. The molecule has 1 fully saturated rings. The van der Waals surface area contributed by atoms with Crippen LogP contribution in [0.5, 0.6) is 0 Å². The van der Waals surface area contributed by atoms with E-state index in [4.69, 9.17) is 9.72 Å². The fourth-order valence-electron chi connectivity index (χ4n) is 5.35. The van der Waals surface area contributed by atoms with Crippen molar-refractivity contribution in [1.82, 2.24) is 31.0 Å². The molecule has 11 nitrogen and oxygen atoms in total. The van der Waals surface area contributed by atoms with Crippen molar-refractivity contribution in [2.75, 3.05) is 6.54 Å². The van der Waals surface area contributed by atoms with Gasteiger partial charge in [-0.3, -0.25) is 24.2 Å². The molecule has 2 aliphatic heterocycles. The van der Waals surface area contributed by atoms with E-state index in [9.17, 15) is 19.2 Å². The van der Waals surface area contributed by atoms with E-state index >= 15 is 0 Å². The molecule has 5 bridgehead atoms. The molecule has 0 spiro atoms. The predicted octanol–water partition coefficient (Wildman–Crippen LogP) is 3.71. The first-order valence-corrected chi connectivity index (χ1v) is 16.2. The number of nitrogens with zero attached hydrogens (tertiary/aromatic N) is 3. The van der Waals surface area contributed by atoms with Gasteiger partial charge < -0.3 is 15.4 Å². The van der Waals surface area contributed by atoms with Gasteiger partial charge in [0.15, 0.2) is 0 Å². The van der Waals surface area contributed by atoms with Crippen LogP contribution in [0.25, 0.3) is 17.0 Å². The number of amides is 3. The molecule has 1 unspecified atom stereocenters. The minimum Gasteiger partial charge on any atom is -0.455 e. The molecule has 4 atom stereocenters. The van der Waals surface area contributed by atoms with Crippen molar-refractivity contribution in [1.29, 1.82) is 0 Å². The topological polar surface area (TPSA) is 143 Å². The Morgan fingerprint density at radius 1 is 1.11 bits per heavy atom. The highest BCUT2D eigenvalue weighted by Crippen LogP contribution is 2.25. The van der Waals surface area contributed by atoms with Gasteiger partial charge in [0.1, 0.15) is 24.2 Å². The lowest BCUT2D eigenvalue weighted by Crippen LogP contribution is -2.62. The Labute approximate surface area is 266 Å². The number of carbonyl (C=O) groups excluding carboxylic acids is 4. The van der Waals surface area contributed by atoms with Crippen molar-refractivity contribution < 1.29 is 23.9 Å². The summed E-state index contributed by atoms with van der Waals surface area (Å²) in [6.45, 7) is 9.36. The smallest absolute Gasteiger partial charge is 0.325 e. The van der Waals surface area contributed by atoms with Gasteiger partial charge in [0.05, 0.1) is 27.8 Å². The first-order valence-electron chi connectivity index (χ1n) is 15.3. The summed E-state index contributed by atoms with van der Waals surface area (Å²) in [5, 5.41) is 9.92. The molecule has 0 aliphatic carbocycles. The average Bonchev–Trinajstić information content (AvgIpc) is 3.54. The van der Waals surface area contributed by atoms with Crippen LogP contribution in [-0.2, 0) is 30.3 Å². The number of ether oxygens (including phenoxy) is 1. The lowest BCUT2D eigenvalue weighted by atomic mass is 9.89. The Bertz CT molecular complexity index is 1600. The monoisotopic (exact) mass is 632 g/mol. The van der Waals surface area contributed by atoms with Crippen LogP contribution in [0.15, 0.2) is 47.3 Å². The van der Waals surface area contributed by atoms with Gasteiger partial charge in [0.25, 0.3) is 5.91 Å². The third kappa shape index (κ3) is 7.56. The van der Waals surface area contributed by atoms with E-state index in [1.807, 2.05) is 55.6 Å². The zero-order chi connectivity index (χ0) is 32.3. The highest BCUT2D eigenvalue weighted by molar-refractivity contribution is 7.07. The van der Waals surface area contributed by atoms with E-state index in [0.717, 1.165) is 16.5 Å². The van der Waals surface area contributed by atoms with Crippen LogP contribution in [0, 0.1) is 11.3 Å². The zero-order valence-corrected chi connectivity index (χ0v) is 27.0. The van der Waals surface area contributed by atoms with Crippen molar-refractivity contribution in [3.8, 4) is 0 Å². The molecule has 0 saturated carbocycles. The number of fused-ring (bicyclic) bond motifs is 4. The number of benzene rings is 1. The number of rotatable bonds is 3. The van der Waals surface area contributed by atoms with Crippen LogP contribution in [0.4, 0.5) is 0 Å². The first kappa shape index (κ1) is 32.2. The van der Waals surface area contributed by atoms with Gasteiger partial charge in [0.2, 0.25) is 11.8 Å². The summed E-state index contributed by atoms with van der Waals surface area (Å²) in [7, 11) is 0. The van der Waals surface area contributed by atoms with Gasteiger partial charge in [-0.1, -0.05) is 44.2 Å². The number of hydrogen-bond donors (Lipinski definition) is 3. The summed E-state index contributed by atoms with van der Waals surface area (Å²) in [5.74, 6) is -1.96. The second-order valence-corrected chi connectivity index (χ2v) is 13.3. The number of hydrazine groups is 1. The molecule has 1 saturated heterocycles. The van der Waals surface area contributed by atoms with E-state index in [1.165, 1.54) is 16.3 Å². The van der Waals surface area contributed by atoms with Gasteiger partial charge in [-0.05, 0) is 57.2 Å². The third-order valence-electron chi connectivity index (χ3n) is 8.21. The molecule has 1 aromatic carbocycles. The number of thiazole rings is 1. The second kappa shape index (κ2) is 13.5. The molecular formula is C33H40N6O5S. The van der Waals surface area contributed by atoms with E-state index in [-0.39, 0.29) is 18.2 Å². The third-order valence-corrected chi connectivity index (χ3v) is 8.84. The molecule has 2 aliphatic rings. The highest BCUT2D eigenvalue weighted by atomic mass is 32.1. The minimum absolute atomic E-state index is 0.151. The molecule has 238 valence electrons. The van der Waals surface area contributed by atoms with Gasteiger partial charge in [-0.25, -0.2) is 15.4 Å². The Morgan fingerprint density at radius 2 is 1.89 bits per heavy atom. The average molecular weight is 633 g/mol. The van der Waals surface area contributed by atoms with Crippen LogP contribution in [0.2, 0.25) is 0 Å². The zero-order valence-electron chi connectivity index (χ0n) is 26.2. The number of nitrogens with one attached hydrogen (secondary N) is 3. The summed E-state index contributed by atoms with van der Waals surface area (Å²) < 4.78 is 5.82. The Balaban J connectivity index is 1.51. The van der Waals surface area contributed by atoms with Crippen LogP contribution in [0.3, 0.4) is 0 Å². The van der Waals surface area contributed by atoms with Crippen molar-refractivity contribution in [2.45, 2.75) is 78.1 Å². The summed E-state index contributed by atoms with van der Waals surface area (Å²) in [6.07, 6.45) is 4.22. The Kier molecular flexibility index (Phi) is 9.64. The van der Waals surface area contributed by atoms with Gasteiger partial charge in [-0.15, -0.1) is 11.3 Å². The first-order chi connectivity index (χ1) is 21.4. The largest absolute Gasteiger partial charge is 0.455 e. The fourth-order valence-corrected chi connectivity index (χ4v) is 5.92. The lowest BCUT2D eigenvalue weighted by molar-refractivity contribution is -0.157. The maximum absolute atomic E-state index is 13.9. The van der Waals surface area contributed by atoms with Crippen molar-refractivity contribution in [2.24, 2.45) is 11.3 Å². The Hall–Kier alpha value is -4.16. The van der Waals surface area contributed by atoms with Gasteiger partial charge >= 0.3 is 5.97 Å². The molecule has 0 radical (unpaired) electrons. The van der Waals surface area contributed by atoms with E-state index in [2.05, 4.69) is 21.0 Å². The fraction of sp³-hybridized carbons (Fsp3) is 0.455. The van der Waals surface area contributed by atoms with Crippen molar-refractivity contribution >= 4 is 52.0 Å². The SMILES string of the molecule is CC(C)[C@@H]1NC(=O)C(C)(C)/C=C/c2ccc3ccc(nc3c2)[C@@H](C)OC(=O)[C@@H]2CCCN(N2)C(=O)C(Cc2cscn2)NC1=O. The lowest BCUT2D eigenvalue weighted by Gasteiger charge is -2.35. The maximum atomic E-state index is 13.9. The number of hydrogen-bond acceptors (Lipinski definition) is 9. The summed E-state index contributed by atoms with van der Waals surface area (Å²) in [6, 6.07) is 6.94. The molecule has 45 heavy (non-hydrogen) atoms. The molecule has 4 heterocycles. The van der Waals surface area contributed by atoms with E-state index in [1.54, 1.807) is 32.4 Å². The molecule has 5 rings (SSSR count). The van der Waals surface area contributed by atoms with Crippen LogP contribution < -0.4 is 16.1 Å². The van der Waals surface area contributed by atoms with E-state index < -0.39 is 47.4 Å². The second-order valence-electron chi connectivity index (χ2n) is 12.6. The number of cyclic esters (lactones) is 1. The Morgan fingerprint density at radius 3 is 2.62 bits per heavy atom. The van der Waals surface area contributed by atoms with Gasteiger partial charge in [-0.2, -0.15) is 0 Å². The molecule has 3 N–H and O–H groups in total. The van der Waals surface area contributed by atoms with Crippen LogP contribution >= 0.6 is 11.3 Å². The quantitative estimate of drug-likeness (QED) is 0.371. The number of esters is 1. The maximum Gasteiger partial charge on any atom is 0.325 e. The van der Waals surface area contributed by atoms with E-state index in [0.29, 0.717) is 30.8 Å². The normalized spacial score (nSPS) is 25.5. The number of carbonyl (C=O) groups is 4. The van der Waals surface area contributed by atoms with Crippen LogP contribution in [-0.4, -0.2) is 63.3 Å². The molecule has 12 heteroatoms. The molecule has 2 aromatic heterocycles. The van der Waals surface area contributed by atoms with Gasteiger partial charge in [0, 0.05) is 23.7 Å². The highest BCUT2D eigenvalue weighted by Gasteiger charge is 2.37. The molecular weight excluding hydrogens is 592 g/mol. The van der Waals surface area contributed by atoms with Crippen LogP contribution in [0.1, 0.15) is 70.5 Å². The van der Waals surface area contributed by atoms with Crippen molar-refractivity contribution in [3.05, 3.63) is 64.2 Å². The molecule has 3 amide bonds.